The van der Waals surface area contributed by atoms with Gasteiger partial charge in [0.05, 0.1) is 16.8 Å². The van der Waals surface area contributed by atoms with Crippen molar-refractivity contribution < 1.29 is 22.8 Å². The van der Waals surface area contributed by atoms with E-state index < -0.39 is 40.5 Å². The molecule has 22 heavy (non-hydrogen) atoms. The molecule has 0 fully saturated rings. The Labute approximate surface area is 136 Å². The average Bonchev–Trinajstić information content (AvgIpc) is 2.41. The number of carbonyl (C=O) groups excluding carboxylic acids is 2. The van der Waals surface area contributed by atoms with Gasteiger partial charge in [-0.2, -0.15) is 0 Å². The fourth-order valence-corrected chi connectivity index (χ4v) is 2.42. The van der Waals surface area contributed by atoms with E-state index in [9.17, 15) is 22.8 Å². The summed E-state index contributed by atoms with van der Waals surface area (Å²) in [6.45, 7) is 0. The number of hydrogen-bond acceptors (Lipinski definition) is 2. The first-order valence-electron chi connectivity index (χ1n) is 5.85. The molecular weight excluding hydrogens is 412 g/mol. The van der Waals surface area contributed by atoms with Crippen LogP contribution in [0.15, 0.2) is 30.3 Å². The minimum Gasteiger partial charge on any atom is -0.366 e. The summed E-state index contributed by atoms with van der Waals surface area (Å²) in [5, 5.41) is 2.19. The lowest BCUT2D eigenvalue weighted by Crippen LogP contribution is -2.18. The SMILES string of the molecule is NC(=O)c1cc(NC(=O)c2ccc(F)cc2I)c(F)cc1F. The monoisotopic (exact) mass is 420 g/mol. The number of rotatable bonds is 3. The van der Waals surface area contributed by atoms with Crippen LogP contribution in [0.1, 0.15) is 20.7 Å². The van der Waals surface area contributed by atoms with Crippen molar-refractivity contribution in [1.82, 2.24) is 0 Å². The maximum Gasteiger partial charge on any atom is 0.256 e. The molecule has 0 saturated carbocycles. The summed E-state index contributed by atoms with van der Waals surface area (Å²) in [6, 6.07) is 4.69. The summed E-state index contributed by atoms with van der Waals surface area (Å²) < 4.78 is 40.3. The first kappa shape index (κ1) is 16.3. The molecule has 114 valence electrons. The van der Waals surface area contributed by atoms with E-state index in [-0.39, 0.29) is 5.56 Å². The number of hydrogen-bond donors (Lipinski definition) is 2. The quantitative estimate of drug-likeness (QED) is 0.750. The second-order valence-electron chi connectivity index (χ2n) is 4.25. The molecule has 0 saturated heterocycles. The van der Waals surface area contributed by atoms with Crippen molar-refractivity contribution in [2.75, 3.05) is 5.32 Å². The maximum absolute atomic E-state index is 13.7. The number of anilines is 1. The van der Waals surface area contributed by atoms with Gasteiger partial charge in [0.15, 0.2) is 0 Å². The molecule has 0 radical (unpaired) electrons. The van der Waals surface area contributed by atoms with Crippen molar-refractivity contribution in [2.45, 2.75) is 0 Å². The molecule has 3 N–H and O–H groups in total. The minimum absolute atomic E-state index is 0.103. The van der Waals surface area contributed by atoms with Gasteiger partial charge in [-0.05, 0) is 46.9 Å². The highest BCUT2D eigenvalue weighted by molar-refractivity contribution is 14.1. The van der Waals surface area contributed by atoms with E-state index in [0.29, 0.717) is 9.64 Å². The van der Waals surface area contributed by atoms with Crippen LogP contribution in [0, 0.1) is 21.0 Å². The summed E-state index contributed by atoms with van der Waals surface area (Å²) in [5.41, 5.74) is 4.11. The first-order valence-corrected chi connectivity index (χ1v) is 6.92. The molecule has 4 nitrogen and oxygen atoms in total. The summed E-state index contributed by atoms with van der Waals surface area (Å²) in [7, 11) is 0. The van der Waals surface area contributed by atoms with E-state index in [4.69, 9.17) is 5.73 Å². The van der Waals surface area contributed by atoms with Crippen LogP contribution in [0.25, 0.3) is 0 Å². The number of nitrogens with one attached hydrogen (secondary N) is 1. The van der Waals surface area contributed by atoms with E-state index in [2.05, 4.69) is 5.32 Å². The zero-order chi connectivity index (χ0) is 16.4. The van der Waals surface area contributed by atoms with Crippen LogP contribution >= 0.6 is 22.6 Å². The lowest BCUT2D eigenvalue weighted by molar-refractivity contribution is 0.0992. The maximum atomic E-state index is 13.7. The van der Waals surface area contributed by atoms with Crippen molar-refractivity contribution in [3.8, 4) is 0 Å². The molecule has 0 heterocycles. The Morgan fingerprint density at radius 3 is 2.27 bits per heavy atom. The van der Waals surface area contributed by atoms with E-state index in [1.807, 2.05) is 0 Å². The van der Waals surface area contributed by atoms with Crippen LogP contribution in [0.2, 0.25) is 0 Å². The van der Waals surface area contributed by atoms with Gasteiger partial charge in [0.1, 0.15) is 17.5 Å². The Balaban J connectivity index is 2.36. The molecule has 0 spiro atoms. The van der Waals surface area contributed by atoms with Gasteiger partial charge in [-0.3, -0.25) is 9.59 Å². The molecule has 0 aromatic heterocycles. The Kier molecular flexibility index (Phi) is 4.69. The average molecular weight is 420 g/mol. The topological polar surface area (TPSA) is 72.2 Å². The third kappa shape index (κ3) is 3.38. The second-order valence-corrected chi connectivity index (χ2v) is 5.42. The van der Waals surface area contributed by atoms with Crippen molar-refractivity contribution in [3.05, 3.63) is 62.5 Å². The fraction of sp³-hybridized carbons (Fsp3) is 0. The number of primary amides is 1. The summed E-state index contributed by atoms with van der Waals surface area (Å²) in [5.74, 6) is -4.54. The number of nitrogens with two attached hydrogens (primary N) is 1. The van der Waals surface area contributed by atoms with Gasteiger partial charge in [-0.1, -0.05) is 0 Å². The number of benzene rings is 2. The second kappa shape index (κ2) is 6.34. The molecule has 8 heteroatoms. The van der Waals surface area contributed by atoms with Gasteiger partial charge in [-0.25, -0.2) is 13.2 Å². The predicted octanol–water partition coefficient (Wildman–Crippen LogP) is 3.06. The standard InChI is InChI=1S/C14H8F3IN2O2/c15-6-1-2-7(11(18)3-6)14(22)20-12-4-8(13(19)21)9(16)5-10(12)17/h1-5H,(H2,19,21)(H,20,22). The van der Waals surface area contributed by atoms with E-state index in [1.54, 1.807) is 22.6 Å². The summed E-state index contributed by atoms with van der Waals surface area (Å²) in [6.07, 6.45) is 0. The van der Waals surface area contributed by atoms with Gasteiger partial charge >= 0.3 is 0 Å². The molecule has 2 rings (SSSR count). The molecular formula is C14H8F3IN2O2. The largest absolute Gasteiger partial charge is 0.366 e. The Hall–Kier alpha value is -2.10. The predicted molar refractivity (Wildman–Crippen MR) is 81.9 cm³/mol. The van der Waals surface area contributed by atoms with E-state index in [1.165, 1.54) is 6.07 Å². The van der Waals surface area contributed by atoms with Gasteiger partial charge in [-0.15, -0.1) is 0 Å². The Morgan fingerprint density at radius 1 is 1.00 bits per heavy atom. The van der Waals surface area contributed by atoms with Gasteiger partial charge in [0.25, 0.3) is 11.8 Å². The number of amides is 2. The lowest BCUT2D eigenvalue weighted by Gasteiger charge is -2.09. The minimum atomic E-state index is -1.13. The Morgan fingerprint density at radius 2 is 1.68 bits per heavy atom. The fourth-order valence-electron chi connectivity index (χ4n) is 1.70. The summed E-state index contributed by atoms with van der Waals surface area (Å²) >= 11 is 1.75. The van der Waals surface area contributed by atoms with Crippen LogP contribution in [0.4, 0.5) is 18.9 Å². The molecule has 0 aliphatic heterocycles. The van der Waals surface area contributed by atoms with Gasteiger partial charge in [0.2, 0.25) is 0 Å². The highest BCUT2D eigenvalue weighted by Crippen LogP contribution is 2.21. The third-order valence-electron chi connectivity index (χ3n) is 2.75. The van der Waals surface area contributed by atoms with Crippen molar-refractivity contribution in [1.29, 1.82) is 0 Å². The van der Waals surface area contributed by atoms with Crippen LogP contribution in [-0.4, -0.2) is 11.8 Å². The highest BCUT2D eigenvalue weighted by Gasteiger charge is 2.17. The molecule has 2 aromatic rings. The van der Waals surface area contributed by atoms with E-state index >= 15 is 0 Å². The summed E-state index contributed by atoms with van der Waals surface area (Å²) in [4.78, 5) is 23.1. The van der Waals surface area contributed by atoms with Crippen LogP contribution in [0.3, 0.4) is 0 Å². The molecule has 0 aliphatic rings. The number of halogens is 4. The molecule has 0 bridgehead atoms. The zero-order valence-electron chi connectivity index (χ0n) is 10.8. The molecule has 2 aromatic carbocycles. The Bertz CT molecular complexity index is 781. The lowest BCUT2D eigenvalue weighted by atomic mass is 10.1. The van der Waals surface area contributed by atoms with Crippen LogP contribution in [0.5, 0.6) is 0 Å². The van der Waals surface area contributed by atoms with Crippen molar-refractivity contribution in [2.24, 2.45) is 5.73 Å². The molecule has 0 aliphatic carbocycles. The number of carbonyl (C=O) groups is 2. The van der Waals surface area contributed by atoms with Gasteiger partial charge in [0, 0.05) is 9.64 Å². The first-order chi connectivity index (χ1) is 10.3. The third-order valence-corrected chi connectivity index (χ3v) is 3.64. The van der Waals surface area contributed by atoms with Crippen LogP contribution < -0.4 is 11.1 Å². The smallest absolute Gasteiger partial charge is 0.256 e. The van der Waals surface area contributed by atoms with Gasteiger partial charge < -0.3 is 11.1 Å². The van der Waals surface area contributed by atoms with Crippen molar-refractivity contribution in [3.63, 3.8) is 0 Å². The van der Waals surface area contributed by atoms with Crippen molar-refractivity contribution >= 4 is 40.1 Å². The molecule has 0 atom stereocenters. The zero-order valence-corrected chi connectivity index (χ0v) is 12.9. The van der Waals surface area contributed by atoms with Crippen LogP contribution in [-0.2, 0) is 0 Å². The highest BCUT2D eigenvalue weighted by atomic mass is 127. The normalized spacial score (nSPS) is 10.4. The molecule has 2 amide bonds. The molecule has 0 unspecified atom stereocenters. The van der Waals surface area contributed by atoms with E-state index in [0.717, 1.165) is 18.2 Å².